The van der Waals surface area contributed by atoms with Crippen LogP contribution in [-0.4, -0.2) is 26.8 Å². The molecule has 0 aromatic heterocycles. The lowest BCUT2D eigenvalue weighted by Crippen LogP contribution is -2.45. The highest BCUT2D eigenvalue weighted by Crippen LogP contribution is 2.20. The number of nitrogens with one attached hydrogen (secondary N) is 1. The third-order valence-corrected chi connectivity index (χ3v) is 5.37. The van der Waals surface area contributed by atoms with Gasteiger partial charge in [0.2, 0.25) is 11.8 Å². The van der Waals surface area contributed by atoms with Gasteiger partial charge in [-0.05, 0) is 49.2 Å². The first kappa shape index (κ1) is 23.3. The van der Waals surface area contributed by atoms with E-state index in [1.165, 1.54) is 35.2 Å². The zero-order valence-corrected chi connectivity index (χ0v) is 17.7. The Kier molecular flexibility index (Phi) is 8.29. The second-order valence-electron chi connectivity index (χ2n) is 6.62. The second-order valence-corrected chi connectivity index (χ2v) is 8.19. The number of amides is 2. The zero-order valence-electron chi connectivity index (χ0n) is 16.9. The van der Waals surface area contributed by atoms with Crippen LogP contribution in [0.25, 0.3) is 6.08 Å². The summed E-state index contributed by atoms with van der Waals surface area (Å²) in [5.74, 6) is -3.05. The van der Waals surface area contributed by atoms with Crippen LogP contribution in [0.15, 0.2) is 60.0 Å². The maximum absolute atomic E-state index is 13.2. The Morgan fingerprint density at radius 1 is 1.07 bits per heavy atom. The van der Waals surface area contributed by atoms with E-state index in [4.69, 9.17) is 0 Å². The number of nitrogens with zero attached hydrogens (tertiary/aromatic N) is 1. The summed E-state index contributed by atoms with van der Waals surface area (Å²) in [6, 6.07) is 14.1. The molecule has 8 heteroatoms. The van der Waals surface area contributed by atoms with Crippen molar-refractivity contribution in [1.82, 2.24) is 4.72 Å². The van der Waals surface area contributed by atoms with Crippen molar-refractivity contribution in [3.63, 3.8) is 0 Å². The fraction of sp³-hybridized carbons (Fsp3) is 0.273. The van der Waals surface area contributed by atoms with Crippen molar-refractivity contribution in [1.29, 1.82) is 0 Å². The fourth-order valence-electron chi connectivity index (χ4n) is 2.91. The van der Waals surface area contributed by atoms with E-state index in [1.807, 2.05) is 4.72 Å². The highest BCUT2D eigenvalue weighted by Gasteiger charge is 2.32. The number of anilines is 1. The van der Waals surface area contributed by atoms with E-state index >= 15 is 0 Å². The normalized spacial score (nSPS) is 12.5. The molecule has 160 valence electrons. The average molecular weight is 433 g/mol. The summed E-state index contributed by atoms with van der Waals surface area (Å²) in [4.78, 5) is 27.0. The quantitative estimate of drug-likeness (QED) is 0.613. The largest absolute Gasteiger partial charge is 0.312 e. The maximum Gasteiger partial charge on any atom is 0.257 e. The van der Waals surface area contributed by atoms with Gasteiger partial charge in [0.05, 0.1) is 5.41 Å². The van der Waals surface area contributed by atoms with Gasteiger partial charge in [0.15, 0.2) is 0 Å². The van der Waals surface area contributed by atoms with Crippen molar-refractivity contribution < 1.29 is 22.4 Å². The average Bonchev–Trinajstić information content (AvgIpc) is 2.72. The van der Waals surface area contributed by atoms with E-state index in [0.29, 0.717) is 17.7 Å². The summed E-state index contributed by atoms with van der Waals surface area (Å²) in [6.45, 7) is 3.77. The lowest BCUT2D eigenvalue weighted by atomic mass is 10.0. The van der Waals surface area contributed by atoms with Crippen LogP contribution in [0.2, 0.25) is 0 Å². The van der Waals surface area contributed by atoms with Crippen molar-refractivity contribution in [2.45, 2.75) is 26.7 Å². The molecule has 0 bridgehead atoms. The van der Waals surface area contributed by atoms with Crippen LogP contribution >= 0.6 is 0 Å². The summed E-state index contributed by atoms with van der Waals surface area (Å²) >= 11 is 0. The minimum absolute atomic E-state index is 0.181. The SMILES string of the molecule is CCCC(C(=O)NS(=O)(=O)/C=C/c1ccccc1)C(=O)N(CC)c1ccc(F)cc1. The van der Waals surface area contributed by atoms with Gasteiger partial charge in [-0.2, -0.15) is 0 Å². The number of halogens is 1. The summed E-state index contributed by atoms with van der Waals surface area (Å²) in [5, 5.41) is 0.894. The molecule has 0 radical (unpaired) electrons. The van der Waals surface area contributed by atoms with Gasteiger partial charge >= 0.3 is 0 Å². The Morgan fingerprint density at radius 2 is 1.70 bits per heavy atom. The lowest BCUT2D eigenvalue weighted by Gasteiger charge is -2.25. The minimum atomic E-state index is -4.08. The molecule has 0 fully saturated rings. The first-order valence-corrected chi connectivity index (χ1v) is 11.2. The van der Waals surface area contributed by atoms with Crippen LogP contribution in [0.4, 0.5) is 10.1 Å². The first-order valence-electron chi connectivity index (χ1n) is 9.64. The van der Waals surface area contributed by atoms with Gasteiger partial charge in [-0.25, -0.2) is 17.5 Å². The van der Waals surface area contributed by atoms with Gasteiger partial charge < -0.3 is 4.90 Å². The number of hydrogen-bond acceptors (Lipinski definition) is 4. The van der Waals surface area contributed by atoms with E-state index < -0.39 is 33.6 Å². The highest BCUT2D eigenvalue weighted by atomic mass is 32.2. The molecule has 0 saturated carbocycles. The van der Waals surface area contributed by atoms with Gasteiger partial charge in [0.25, 0.3) is 10.0 Å². The number of rotatable bonds is 9. The Hall–Kier alpha value is -3.00. The van der Waals surface area contributed by atoms with Gasteiger partial charge in [-0.3, -0.25) is 9.59 Å². The van der Waals surface area contributed by atoms with E-state index in [1.54, 1.807) is 44.2 Å². The van der Waals surface area contributed by atoms with Crippen molar-refractivity contribution in [3.05, 3.63) is 71.4 Å². The summed E-state index contributed by atoms with van der Waals surface area (Å²) in [7, 11) is -4.08. The topological polar surface area (TPSA) is 83.5 Å². The number of sulfonamides is 1. The smallest absolute Gasteiger partial charge is 0.257 e. The molecule has 0 aliphatic carbocycles. The molecule has 0 aliphatic heterocycles. The number of carbonyl (C=O) groups is 2. The molecular formula is C22H25FN2O4S. The third kappa shape index (κ3) is 6.52. The van der Waals surface area contributed by atoms with E-state index in [0.717, 1.165) is 5.41 Å². The molecule has 0 saturated heterocycles. The number of benzene rings is 2. The Labute approximate surface area is 176 Å². The summed E-state index contributed by atoms with van der Waals surface area (Å²) < 4.78 is 39.8. The van der Waals surface area contributed by atoms with Crippen molar-refractivity contribution >= 4 is 33.6 Å². The lowest BCUT2D eigenvalue weighted by molar-refractivity contribution is -0.133. The van der Waals surface area contributed by atoms with E-state index in [2.05, 4.69) is 0 Å². The van der Waals surface area contributed by atoms with Crippen LogP contribution in [0.3, 0.4) is 0 Å². The van der Waals surface area contributed by atoms with Crippen molar-refractivity contribution in [3.8, 4) is 0 Å². The van der Waals surface area contributed by atoms with Gasteiger partial charge in [0, 0.05) is 12.2 Å². The van der Waals surface area contributed by atoms with Gasteiger partial charge in [-0.15, -0.1) is 0 Å². The Morgan fingerprint density at radius 3 is 2.27 bits per heavy atom. The van der Waals surface area contributed by atoms with Crippen LogP contribution in [0.1, 0.15) is 32.3 Å². The molecule has 1 unspecified atom stereocenters. The molecule has 2 amide bonds. The van der Waals surface area contributed by atoms with E-state index in [9.17, 15) is 22.4 Å². The summed E-state index contributed by atoms with van der Waals surface area (Å²) in [5.41, 5.74) is 1.09. The molecule has 30 heavy (non-hydrogen) atoms. The predicted octanol–water partition coefficient (Wildman–Crippen LogP) is 3.71. The van der Waals surface area contributed by atoms with E-state index in [-0.39, 0.29) is 13.0 Å². The molecular weight excluding hydrogens is 407 g/mol. The molecule has 2 aromatic carbocycles. The predicted molar refractivity (Wildman–Crippen MR) is 115 cm³/mol. The van der Waals surface area contributed by atoms with Crippen LogP contribution in [0, 0.1) is 11.7 Å². The standard InChI is InChI=1S/C22H25FN2O4S/c1-3-8-20(22(27)25(4-2)19-13-11-18(23)12-14-19)21(26)24-30(28,29)16-15-17-9-6-5-7-10-17/h5-7,9-16,20H,3-4,8H2,1-2H3,(H,24,26)/b16-15+. The van der Waals surface area contributed by atoms with Crippen LogP contribution in [-0.2, 0) is 19.6 Å². The van der Waals surface area contributed by atoms with Crippen molar-refractivity contribution in [2.75, 3.05) is 11.4 Å². The molecule has 0 spiro atoms. The molecule has 1 N–H and O–H groups in total. The fourth-order valence-corrected chi connectivity index (χ4v) is 3.73. The van der Waals surface area contributed by atoms with Gasteiger partial charge in [-0.1, -0.05) is 43.7 Å². The molecule has 0 heterocycles. The van der Waals surface area contributed by atoms with Crippen LogP contribution < -0.4 is 9.62 Å². The van der Waals surface area contributed by atoms with Crippen molar-refractivity contribution in [2.24, 2.45) is 5.92 Å². The second kappa shape index (κ2) is 10.7. The Bertz CT molecular complexity index is 990. The minimum Gasteiger partial charge on any atom is -0.312 e. The molecule has 0 aliphatic rings. The summed E-state index contributed by atoms with van der Waals surface area (Å²) in [6.07, 6.45) is 2.05. The maximum atomic E-state index is 13.2. The number of carbonyl (C=O) groups excluding carboxylic acids is 2. The Balaban J connectivity index is 2.18. The first-order chi connectivity index (χ1) is 14.3. The third-order valence-electron chi connectivity index (χ3n) is 4.39. The van der Waals surface area contributed by atoms with Gasteiger partial charge in [0.1, 0.15) is 11.7 Å². The molecule has 2 aromatic rings. The highest BCUT2D eigenvalue weighted by molar-refractivity contribution is 7.93. The van der Waals surface area contributed by atoms with Crippen LogP contribution in [0.5, 0.6) is 0 Å². The monoisotopic (exact) mass is 432 g/mol. The molecule has 1 atom stereocenters. The molecule has 6 nitrogen and oxygen atoms in total. The zero-order chi connectivity index (χ0) is 22.1. The number of hydrogen-bond donors (Lipinski definition) is 1. The molecule has 2 rings (SSSR count).